The van der Waals surface area contributed by atoms with E-state index in [9.17, 15) is 0 Å². The first-order chi connectivity index (χ1) is 7.40. The number of rotatable bonds is 0. The second-order valence-electron chi connectivity index (χ2n) is 6.24. The lowest BCUT2D eigenvalue weighted by Crippen LogP contribution is -2.18. The SMILES string of the molecule is CC1(C)CC(C)(C)c2nc3cc[nH]c3cc21. The summed E-state index contributed by atoms with van der Waals surface area (Å²) >= 11 is 0. The molecule has 0 saturated carbocycles. The lowest BCUT2D eigenvalue weighted by atomic mass is 9.82. The highest BCUT2D eigenvalue weighted by atomic mass is 14.8. The maximum Gasteiger partial charge on any atom is 0.0882 e. The topological polar surface area (TPSA) is 28.7 Å². The summed E-state index contributed by atoms with van der Waals surface area (Å²) < 4.78 is 0. The van der Waals surface area contributed by atoms with E-state index < -0.39 is 0 Å². The molecule has 1 aliphatic carbocycles. The number of aromatic nitrogens is 2. The van der Waals surface area contributed by atoms with Crippen molar-refractivity contribution in [2.75, 3.05) is 0 Å². The smallest absolute Gasteiger partial charge is 0.0882 e. The Morgan fingerprint density at radius 1 is 1.19 bits per heavy atom. The Labute approximate surface area is 96.1 Å². The Hall–Kier alpha value is -1.31. The van der Waals surface area contributed by atoms with Gasteiger partial charge in [0.2, 0.25) is 0 Å². The van der Waals surface area contributed by atoms with E-state index in [1.54, 1.807) is 0 Å². The summed E-state index contributed by atoms with van der Waals surface area (Å²) in [7, 11) is 0. The molecule has 2 heterocycles. The largest absolute Gasteiger partial charge is 0.360 e. The lowest BCUT2D eigenvalue weighted by Gasteiger charge is -2.21. The fourth-order valence-electron chi connectivity index (χ4n) is 3.30. The second-order valence-corrected chi connectivity index (χ2v) is 6.24. The third-order valence-corrected chi connectivity index (χ3v) is 3.79. The van der Waals surface area contributed by atoms with Gasteiger partial charge in [-0.05, 0) is 29.5 Å². The van der Waals surface area contributed by atoms with E-state index in [-0.39, 0.29) is 10.8 Å². The Morgan fingerprint density at radius 3 is 2.69 bits per heavy atom. The van der Waals surface area contributed by atoms with Crippen molar-refractivity contribution in [2.24, 2.45) is 0 Å². The average molecular weight is 214 g/mol. The van der Waals surface area contributed by atoms with E-state index in [4.69, 9.17) is 4.98 Å². The summed E-state index contributed by atoms with van der Waals surface area (Å²) in [5.41, 5.74) is 5.38. The highest BCUT2D eigenvalue weighted by Crippen LogP contribution is 2.48. The van der Waals surface area contributed by atoms with Crippen LogP contribution in [0.5, 0.6) is 0 Å². The van der Waals surface area contributed by atoms with Gasteiger partial charge in [0.25, 0.3) is 0 Å². The van der Waals surface area contributed by atoms with Gasteiger partial charge in [0, 0.05) is 11.6 Å². The molecule has 0 aliphatic heterocycles. The van der Waals surface area contributed by atoms with Crippen LogP contribution in [0.2, 0.25) is 0 Å². The van der Waals surface area contributed by atoms with Gasteiger partial charge in [-0.2, -0.15) is 0 Å². The Morgan fingerprint density at radius 2 is 1.94 bits per heavy atom. The van der Waals surface area contributed by atoms with Crippen molar-refractivity contribution >= 4 is 11.0 Å². The van der Waals surface area contributed by atoms with Crippen molar-refractivity contribution in [3.8, 4) is 0 Å². The molecule has 0 spiro atoms. The first-order valence-electron chi connectivity index (χ1n) is 5.89. The van der Waals surface area contributed by atoms with Crippen molar-refractivity contribution in [1.29, 1.82) is 0 Å². The fourth-order valence-corrected chi connectivity index (χ4v) is 3.30. The predicted octanol–water partition coefficient (Wildman–Crippen LogP) is 3.52. The van der Waals surface area contributed by atoms with Crippen molar-refractivity contribution in [3.63, 3.8) is 0 Å². The molecule has 0 radical (unpaired) electrons. The molecule has 16 heavy (non-hydrogen) atoms. The fraction of sp³-hybridized carbons (Fsp3) is 0.500. The molecule has 0 amide bonds. The minimum atomic E-state index is 0.199. The van der Waals surface area contributed by atoms with Gasteiger partial charge < -0.3 is 4.98 Å². The molecule has 2 nitrogen and oxygen atoms in total. The zero-order valence-electron chi connectivity index (χ0n) is 10.4. The van der Waals surface area contributed by atoms with Crippen molar-refractivity contribution in [3.05, 3.63) is 29.6 Å². The third-order valence-electron chi connectivity index (χ3n) is 3.79. The van der Waals surface area contributed by atoms with E-state index >= 15 is 0 Å². The normalized spacial score (nSPS) is 21.2. The van der Waals surface area contributed by atoms with Gasteiger partial charge in [0.1, 0.15) is 0 Å². The summed E-state index contributed by atoms with van der Waals surface area (Å²) in [6.07, 6.45) is 3.14. The van der Waals surface area contributed by atoms with Crippen molar-refractivity contribution in [2.45, 2.75) is 44.9 Å². The number of aromatic amines is 1. The third kappa shape index (κ3) is 1.16. The Balaban J connectivity index is 2.37. The predicted molar refractivity (Wildman–Crippen MR) is 66.8 cm³/mol. The average Bonchev–Trinajstić information content (AvgIpc) is 2.66. The molecule has 2 heteroatoms. The quantitative estimate of drug-likeness (QED) is 0.714. The van der Waals surface area contributed by atoms with Crippen LogP contribution in [0.3, 0.4) is 0 Å². The molecule has 1 N–H and O–H groups in total. The van der Waals surface area contributed by atoms with Crippen LogP contribution in [0.4, 0.5) is 0 Å². The Bertz CT molecular complexity index is 513. The van der Waals surface area contributed by atoms with E-state index in [1.165, 1.54) is 17.7 Å². The number of fused-ring (bicyclic) bond motifs is 2. The second kappa shape index (κ2) is 2.68. The molecule has 84 valence electrons. The zero-order valence-corrected chi connectivity index (χ0v) is 10.4. The van der Waals surface area contributed by atoms with Crippen LogP contribution in [0, 0.1) is 0 Å². The van der Waals surface area contributed by atoms with Gasteiger partial charge in [0.05, 0.1) is 16.7 Å². The molecular weight excluding hydrogens is 196 g/mol. The first kappa shape index (κ1) is 9.88. The highest BCUT2D eigenvalue weighted by molar-refractivity contribution is 5.77. The number of nitrogens with zero attached hydrogens (tertiary/aromatic N) is 1. The van der Waals surface area contributed by atoms with Crippen LogP contribution < -0.4 is 0 Å². The molecule has 0 fully saturated rings. The molecule has 2 aromatic rings. The van der Waals surface area contributed by atoms with Gasteiger partial charge in [-0.3, -0.25) is 4.98 Å². The van der Waals surface area contributed by atoms with Crippen LogP contribution in [0.15, 0.2) is 18.3 Å². The van der Waals surface area contributed by atoms with E-state index in [2.05, 4.69) is 44.8 Å². The Kier molecular flexibility index (Phi) is 1.65. The van der Waals surface area contributed by atoms with Gasteiger partial charge in [0.15, 0.2) is 0 Å². The van der Waals surface area contributed by atoms with E-state index in [0.717, 1.165) is 11.0 Å². The molecule has 0 atom stereocenters. The zero-order chi connectivity index (χ0) is 11.6. The van der Waals surface area contributed by atoms with Crippen LogP contribution in [-0.4, -0.2) is 9.97 Å². The van der Waals surface area contributed by atoms with Gasteiger partial charge in [-0.15, -0.1) is 0 Å². The summed E-state index contributed by atoms with van der Waals surface area (Å²) in [6.45, 7) is 9.23. The van der Waals surface area contributed by atoms with Crippen molar-refractivity contribution < 1.29 is 0 Å². The van der Waals surface area contributed by atoms with E-state index in [0.29, 0.717) is 0 Å². The minimum absolute atomic E-state index is 0.199. The summed E-state index contributed by atoms with van der Waals surface area (Å²) in [5.74, 6) is 0. The molecule has 1 aliphatic rings. The molecule has 2 aromatic heterocycles. The van der Waals surface area contributed by atoms with E-state index in [1.807, 2.05) is 6.20 Å². The lowest BCUT2D eigenvalue weighted by molar-refractivity contribution is 0.400. The first-order valence-corrected chi connectivity index (χ1v) is 5.89. The minimum Gasteiger partial charge on any atom is -0.360 e. The summed E-state index contributed by atoms with van der Waals surface area (Å²) in [5, 5.41) is 0. The van der Waals surface area contributed by atoms with Crippen LogP contribution in [0.25, 0.3) is 11.0 Å². The number of nitrogens with one attached hydrogen (secondary N) is 1. The number of hydrogen-bond donors (Lipinski definition) is 1. The highest BCUT2D eigenvalue weighted by Gasteiger charge is 2.43. The van der Waals surface area contributed by atoms with Crippen LogP contribution in [-0.2, 0) is 10.8 Å². The molecule has 0 aromatic carbocycles. The number of hydrogen-bond acceptors (Lipinski definition) is 1. The van der Waals surface area contributed by atoms with Gasteiger partial charge >= 0.3 is 0 Å². The molecule has 0 saturated heterocycles. The maximum absolute atomic E-state index is 4.83. The standard InChI is InChI=1S/C14H18N2/c1-13(2)8-14(3,4)12-9(13)7-11-10(16-12)5-6-15-11/h5-7,15H,8H2,1-4H3. The number of pyridine rings is 1. The maximum atomic E-state index is 4.83. The summed E-state index contributed by atoms with van der Waals surface area (Å²) in [4.78, 5) is 8.08. The monoisotopic (exact) mass is 214 g/mol. The van der Waals surface area contributed by atoms with Gasteiger partial charge in [-0.25, -0.2) is 0 Å². The molecular formula is C14H18N2. The van der Waals surface area contributed by atoms with Gasteiger partial charge in [-0.1, -0.05) is 27.7 Å². The van der Waals surface area contributed by atoms with Crippen molar-refractivity contribution in [1.82, 2.24) is 9.97 Å². The molecule has 3 rings (SSSR count). The summed E-state index contributed by atoms with van der Waals surface area (Å²) in [6, 6.07) is 4.34. The molecule has 0 unspecified atom stereocenters. The number of H-pyrrole nitrogens is 1. The van der Waals surface area contributed by atoms with Crippen LogP contribution >= 0.6 is 0 Å². The molecule has 0 bridgehead atoms. The van der Waals surface area contributed by atoms with Crippen LogP contribution in [0.1, 0.15) is 45.4 Å².